The SMILES string of the molecule is CC(C)C1OCCC1C(=O)N1C[C@@H]2CCC[C@@]2(C(=O)O)C1. The minimum atomic E-state index is -0.719. The van der Waals surface area contributed by atoms with Crippen molar-refractivity contribution < 1.29 is 19.4 Å². The largest absolute Gasteiger partial charge is 0.481 e. The van der Waals surface area contributed by atoms with E-state index < -0.39 is 11.4 Å². The first-order valence-electron chi connectivity index (χ1n) is 8.09. The molecule has 118 valence electrons. The molecule has 3 aliphatic rings. The monoisotopic (exact) mass is 295 g/mol. The summed E-state index contributed by atoms with van der Waals surface area (Å²) in [6, 6.07) is 0. The van der Waals surface area contributed by atoms with Crippen LogP contribution < -0.4 is 0 Å². The normalized spacial score (nSPS) is 39.0. The molecule has 3 rings (SSSR count). The van der Waals surface area contributed by atoms with E-state index in [1.54, 1.807) is 0 Å². The van der Waals surface area contributed by atoms with E-state index >= 15 is 0 Å². The fourth-order valence-electron chi connectivity index (χ4n) is 4.57. The number of fused-ring (bicyclic) bond motifs is 1. The van der Waals surface area contributed by atoms with E-state index in [1.807, 2.05) is 4.90 Å². The first-order valence-corrected chi connectivity index (χ1v) is 8.09. The molecule has 0 bridgehead atoms. The number of nitrogens with zero attached hydrogens (tertiary/aromatic N) is 1. The molecule has 0 radical (unpaired) electrons. The van der Waals surface area contributed by atoms with Gasteiger partial charge in [0.15, 0.2) is 0 Å². The van der Waals surface area contributed by atoms with Gasteiger partial charge in [0.25, 0.3) is 0 Å². The van der Waals surface area contributed by atoms with Crippen LogP contribution in [0.4, 0.5) is 0 Å². The number of carboxylic acids is 1. The average Bonchev–Trinajstić information content (AvgIpc) is 3.11. The van der Waals surface area contributed by atoms with Crippen LogP contribution in [0, 0.1) is 23.2 Å². The number of rotatable bonds is 3. The Morgan fingerprint density at radius 3 is 2.71 bits per heavy atom. The maximum atomic E-state index is 12.8. The lowest BCUT2D eigenvalue weighted by atomic mass is 9.81. The lowest BCUT2D eigenvalue weighted by molar-refractivity contribution is -0.150. The molecular formula is C16H25NO4. The Morgan fingerprint density at radius 2 is 2.10 bits per heavy atom. The molecule has 5 heteroatoms. The number of aliphatic carboxylic acids is 1. The van der Waals surface area contributed by atoms with Crippen molar-refractivity contribution in [2.24, 2.45) is 23.2 Å². The second-order valence-electron chi connectivity index (χ2n) is 7.24. The molecule has 21 heavy (non-hydrogen) atoms. The predicted molar refractivity (Wildman–Crippen MR) is 76.7 cm³/mol. The zero-order valence-corrected chi connectivity index (χ0v) is 12.9. The van der Waals surface area contributed by atoms with Crippen molar-refractivity contribution in [1.82, 2.24) is 4.90 Å². The van der Waals surface area contributed by atoms with Crippen molar-refractivity contribution in [3.8, 4) is 0 Å². The summed E-state index contributed by atoms with van der Waals surface area (Å²) in [5.41, 5.74) is -0.678. The Kier molecular flexibility index (Phi) is 3.72. The van der Waals surface area contributed by atoms with Gasteiger partial charge >= 0.3 is 5.97 Å². The second kappa shape index (κ2) is 5.27. The number of carbonyl (C=O) groups excluding carboxylic acids is 1. The van der Waals surface area contributed by atoms with Crippen molar-refractivity contribution in [3.63, 3.8) is 0 Å². The molecule has 2 unspecified atom stereocenters. The van der Waals surface area contributed by atoms with Crippen LogP contribution in [-0.4, -0.2) is 47.7 Å². The molecule has 4 atom stereocenters. The Labute approximate surface area is 125 Å². The number of amides is 1. The van der Waals surface area contributed by atoms with Gasteiger partial charge in [0.05, 0.1) is 17.4 Å². The third kappa shape index (κ3) is 2.26. The van der Waals surface area contributed by atoms with Crippen LogP contribution in [0.3, 0.4) is 0 Å². The standard InChI is InChI=1S/C16H25NO4/c1-10(2)13-12(5-7-21-13)14(18)17-8-11-4-3-6-16(11,9-17)15(19)20/h10-13H,3-9H2,1-2H3,(H,19,20)/t11-,12?,13?,16+/m0/s1. The zero-order chi connectivity index (χ0) is 15.2. The van der Waals surface area contributed by atoms with Crippen LogP contribution in [0.25, 0.3) is 0 Å². The number of carboxylic acid groups (broad SMARTS) is 1. The summed E-state index contributed by atoms with van der Waals surface area (Å²) in [7, 11) is 0. The first kappa shape index (κ1) is 14.8. The van der Waals surface area contributed by atoms with Crippen LogP contribution in [0.1, 0.15) is 39.5 Å². The Bertz CT molecular complexity index is 450. The molecule has 5 nitrogen and oxygen atoms in total. The maximum absolute atomic E-state index is 12.8. The van der Waals surface area contributed by atoms with Crippen molar-refractivity contribution in [1.29, 1.82) is 0 Å². The topological polar surface area (TPSA) is 66.8 Å². The summed E-state index contributed by atoms with van der Waals surface area (Å²) < 4.78 is 5.71. The molecule has 0 aromatic rings. The molecule has 1 saturated carbocycles. The molecule has 1 N–H and O–H groups in total. The molecular weight excluding hydrogens is 270 g/mol. The number of hydrogen-bond donors (Lipinski definition) is 1. The highest BCUT2D eigenvalue weighted by Crippen LogP contribution is 2.49. The van der Waals surface area contributed by atoms with Crippen molar-refractivity contribution in [2.75, 3.05) is 19.7 Å². The van der Waals surface area contributed by atoms with Gasteiger partial charge < -0.3 is 14.7 Å². The Hall–Kier alpha value is -1.10. The molecule has 1 amide bonds. The van der Waals surface area contributed by atoms with Crippen LogP contribution in [0.5, 0.6) is 0 Å². The summed E-state index contributed by atoms with van der Waals surface area (Å²) in [5.74, 6) is -0.241. The fourth-order valence-corrected chi connectivity index (χ4v) is 4.57. The van der Waals surface area contributed by atoms with Crippen LogP contribution >= 0.6 is 0 Å². The lowest BCUT2D eigenvalue weighted by Gasteiger charge is -2.27. The molecule has 0 spiro atoms. The van der Waals surface area contributed by atoms with E-state index in [-0.39, 0.29) is 23.8 Å². The molecule has 3 fully saturated rings. The van der Waals surface area contributed by atoms with Gasteiger partial charge in [-0.3, -0.25) is 9.59 Å². The predicted octanol–water partition coefficient (Wildman–Crippen LogP) is 1.76. The second-order valence-corrected chi connectivity index (χ2v) is 7.24. The molecule has 2 saturated heterocycles. The summed E-state index contributed by atoms with van der Waals surface area (Å²) in [4.78, 5) is 26.3. The maximum Gasteiger partial charge on any atom is 0.311 e. The van der Waals surface area contributed by atoms with Crippen LogP contribution in [-0.2, 0) is 14.3 Å². The molecule has 0 aromatic heterocycles. The molecule has 0 aromatic carbocycles. The highest BCUT2D eigenvalue weighted by Gasteiger charge is 2.56. The Balaban J connectivity index is 1.74. The summed E-state index contributed by atoms with van der Waals surface area (Å²) >= 11 is 0. The van der Waals surface area contributed by atoms with E-state index in [2.05, 4.69) is 13.8 Å². The third-order valence-corrected chi connectivity index (χ3v) is 5.72. The lowest BCUT2D eigenvalue weighted by Crippen LogP contribution is -2.42. The highest BCUT2D eigenvalue weighted by molar-refractivity contribution is 5.83. The van der Waals surface area contributed by atoms with Gasteiger partial charge in [-0.1, -0.05) is 20.3 Å². The Morgan fingerprint density at radius 1 is 1.33 bits per heavy atom. The van der Waals surface area contributed by atoms with E-state index in [0.717, 1.165) is 19.3 Å². The van der Waals surface area contributed by atoms with Crippen molar-refractivity contribution in [2.45, 2.75) is 45.6 Å². The summed E-state index contributed by atoms with van der Waals surface area (Å²) in [6.07, 6.45) is 3.37. The van der Waals surface area contributed by atoms with Gasteiger partial charge in [-0.15, -0.1) is 0 Å². The van der Waals surface area contributed by atoms with Gasteiger partial charge in [0.2, 0.25) is 5.91 Å². The van der Waals surface area contributed by atoms with Crippen LogP contribution in [0.15, 0.2) is 0 Å². The van der Waals surface area contributed by atoms with Crippen molar-refractivity contribution in [3.05, 3.63) is 0 Å². The smallest absolute Gasteiger partial charge is 0.311 e. The van der Waals surface area contributed by atoms with E-state index in [9.17, 15) is 14.7 Å². The van der Waals surface area contributed by atoms with Crippen molar-refractivity contribution >= 4 is 11.9 Å². The van der Waals surface area contributed by atoms with E-state index in [0.29, 0.717) is 32.0 Å². The number of likely N-dealkylation sites (tertiary alicyclic amines) is 1. The van der Waals surface area contributed by atoms with E-state index in [4.69, 9.17) is 4.74 Å². The fraction of sp³-hybridized carbons (Fsp3) is 0.875. The van der Waals surface area contributed by atoms with Gasteiger partial charge in [-0.2, -0.15) is 0 Å². The van der Waals surface area contributed by atoms with Gasteiger partial charge in [-0.05, 0) is 31.1 Å². The van der Waals surface area contributed by atoms with Crippen LogP contribution in [0.2, 0.25) is 0 Å². The molecule has 2 heterocycles. The molecule has 2 aliphatic heterocycles. The summed E-state index contributed by atoms with van der Waals surface area (Å²) in [6.45, 7) is 5.81. The minimum absolute atomic E-state index is 0.0151. The molecule has 1 aliphatic carbocycles. The quantitative estimate of drug-likeness (QED) is 0.861. The highest BCUT2D eigenvalue weighted by atomic mass is 16.5. The van der Waals surface area contributed by atoms with Gasteiger partial charge in [0.1, 0.15) is 0 Å². The average molecular weight is 295 g/mol. The van der Waals surface area contributed by atoms with E-state index in [1.165, 1.54) is 0 Å². The summed E-state index contributed by atoms with van der Waals surface area (Å²) in [5, 5.41) is 9.62. The zero-order valence-electron chi connectivity index (χ0n) is 12.9. The third-order valence-electron chi connectivity index (χ3n) is 5.72. The number of carbonyl (C=O) groups is 2. The number of ether oxygens (including phenoxy) is 1. The van der Waals surface area contributed by atoms with Gasteiger partial charge in [-0.25, -0.2) is 0 Å². The van der Waals surface area contributed by atoms with Gasteiger partial charge in [0, 0.05) is 19.7 Å². The number of hydrogen-bond acceptors (Lipinski definition) is 3. The first-order chi connectivity index (χ1) is 9.95. The minimum Gasteiger partial charge on any atom is -0.481 e.